The molecule has 9 heteroatoms. The van der Waals surface area contributed by atoms with Crippen molar-refractivity contribution < 1.29 is 14.1 Å². The second-order valence-corrected chi connectivity index (χ2v) is 6.21. The Morgan fingerprint density at radius 2 is 2.17 bits per heavy atom. The highest BCUT2D eigenvalue weighted by atomic mass is 79.9. The van der Waals surface area contributed by atoms with Gasteiger partial charge >= 0.3 is 0 Å². The molecule has 0 aliphatic rings. The molecule has 0 radical (unpaired) electrons. The molecule has 7 nitrogen and oxygen atoms in total. The topological polar surface area (TPSA) is 111 Å². The molecule has 0 atom stereocenters. The number of benzene rings is 1. The van der Waals surface area contributed by atoms with Crippen LogP contribution in [0.2, 0.25) is 0 Å². The number of hydrogen-bond donors (Lipinski definition) is 2. The third kappa shape index (κ3) is 3.15. The zero-order valence-corrected chi connectivity index (χ0v) is 13.8. The first-order chi connectivity index (χ1) is 11.1. The molecule has 0 saturated carbocycles. The highest BCUT2D eigenvalue weighted by Crippen LogP contribution is 2.30. The van der Waals surface area contributed by atoms with Crippen molar-refractivity contribution in [2.45, 2.75) is 0 Å². The molecule has 2 amide bonds. The first-order valence-electron chi connectivity index (χ1n) is 6.32. The number of halogens is 1. The molecule has 0 aliphatic carbocycles. The van der Waals surface area contributed by atoms with Gasteiger partial charge < -0.3 is 10.3 Å². The number of amides is 2. The Bertz CT molecular complexity index is 876. The number of nitrogens with zero attached hydrogens (tertiary/aromatic N) is 2. The van der Waals surface area contributed by atoms with E-state index in [0.29, 0.717) is 10.6 Å². The lowest BCUT2D eigenvalue weighted by molar-refractivity contribution is 0.100. The van der Waals surface area contributed by atoms with Gasteiger partial charge in [0.2, 0.25) is 5.88 Å². The molecule has 3 rings (SSSR count). The van der Waals surface area contributed by atoms with Crippen molar-refractivity contribution in [3.05, 3.63) is 51.4 Å². The van der Waals surface area contributed by atoms with Crippen molar-refractivity contribution in [1.82, 2.24) is 10.1 Å². The SMILES string of the molecule is NC(=O)c1c(-c2nccs2)noc1NC(=O)c1cccc(Br)c1. The second-order valence-electron chi connectivity index (χ2n) is 4.40. The second kappa shape index (κ2) is 6.31. The summed E-state index contributed by atoms with van der Waals surface area (Å²) in [4.78, 5) is 28.0. The van der Waals surface area contributed by atoms with E-state index < -0.39 is 11.8 Å². The molecule has 23 heavy (non-hydrogen) atoms. The molecule has 0 saturated heterocycles. The molecule has 0 aliphatic heterocycles. The van der Waals surface area contributed by atoms with Crippen molar-refractivity contribution >= 4 is 45.0 Å². The van der Waals surface area contributed by atoms with Gasteiger partial charge in [0.05, 0.1) is 0 Å². The molecular weight excluding hydrogens is 384 g/mol. The van der Waals surface area contributed by atoms with Crippen LogP contribution in [0, 0.1) is 0 Å². The molecular formula is C14H9BrN4O3S. The summed E-state index contributed by atoms with van der Waals surface area (Å²) in [5, 5.41) is 8.51. The van der Waals surface area contributed by atoms with Gasteiger partial charge in [-0.3, -0.25) is 14.9 Å². The fraction of sp³-hybridized carbons (Fsp3) is 0. The van der Waals surface area contributed by atoms with E-state index in [9.17, 15) is 9.59 Å². The van der Waals surface area contributed by atoms with Crippen molar-refractivity contribution in [2.75, 3.05) is 5.32 Å². The number of nitrogens with two attached hydrogens (primary N) is 1. The maximum Gasteiger partial charge on any atom is 0.258 e. The fourth-order valence-electron chi connectivity index (χ4n) is 1.90. The molecule has 0 unspecified atom stereocenters. The Labute approximate surface area is 142 Å². The number of thiazole rings is 1. The summed E-state index contributed by atoms with van der Waals surface area (Å²) < 4.78 is 5.83. The van der Waals surface area contributed by atoms with Gasteiger partial charge in [-0.2, -0.15) is 0 Å². The lowest BCUT2D eigenvalue weighted by Gasteiger charge is -2.03. The van der Waals surface area contributed by atoms with Crippen LogP contribution in [0.15, 0.2) is 44.8 Å². The van der Waals surface area contributed by atoms with Gasteiger partial charge in [0.15, 0.2) is 5.69 Å². The first kappa shape index (κ1) is 15.4. The van der Waals surface area contributed by atoms with E-state index in [0.717, 1.165) is 4.47 Å². The highest BCUT2D eigenvalue weighted by Gasteiger charge is 2.25. The molecule has 0 bridgehead atoms. The number of carbonyl (C=O) groups is 2. The number of aromatic nitrogens is 2. The van der Waals surface area contributed by atoms with E-state index in [4.69, 9.17) is 10.3 Å². The van der Waals surface area contributed by atoms with E-state index in [1.165, 1.54) is 11.3 Å². The summed E-state index contributed by atoms with van der Waals surface area (Å²) in [6.45, 7) is 0. The third-order valence-electron chi connectivity index (χ3n) is 2.89. The van der Waals surface area contributed by atoms with Crippen LogP contribution in [0.3, 0.4) is 0 Å². The van der Waals surface area contributed by atoms with Gasteiger partial charge in [0, 0.05) is 21.6 Å². The Morgan fingerprint density at radius 1 is 1.35 bits per heavy atom. The quantitative estimate of drug-likeness (QED) is 0.708. The van der Waals surface area contributed by atoms with Crippen LogP contribution < -0.4 is 11.1 Å². The average Bonchev–Trinajstić information content (AvgIpc) is 3.15. The predicted molar refractivity (Wildman–Crippen MR) is 88.2 cm³/mol. The summed E-state index contributed by atoms with van der Waals surface area (Å²) in [5.74, 6) is -1.32. The van der Waals surface area contributed by atoms with Crippen LogP contribution in [0.4, 0.5) is 5.88 Å². The highest BCUT2D eigenvalue weighted by molar-refractivity contribution is 9.10. The van der Waals surface area contributed by atoms with E-state index in [1.807, 2.05) is 0 Å². The number of nitrogens with one attached hydrogen (secondary N) is 1. The summed E-state index contributed by atoms with van der Waals surface area (Å²) in [7, 11) is 0. The zero-order chi connectivity index (χ0) is 16.4. The van der Waals surface area contributed by atoms with E-state index in [-0.39, 0.29) is 17.1 Å². The minimum absolute atomic E-state index is 0.0108. The number of rotatable bonds is 4. The predicted octanol–water partition coefficient (Wildman–Crippen LogP) is 2.91. The van der Waals surface area contributed by atoms with Crippen molar-refractivity contribution in [3.8, 4) is 10.7 Å². The van der Waals surface area contributed by atoms with Crippen molar-refractivity contribution in [2.24, 2.45) is 5.73 Å². The minimum atomic E-state index is -0.763. The Kier molecular flexibility index (Phi) is 4.22. The molecule has 2 aromatic heterocycles. The van der Waals surface area contributed by atoms with Gasteiger partial charge in [-0.05, 0) is 18.2 Å². The van der Waals surface area contributed by atoms with Gasteiger partial charge in [-0.1, -0.05) is 27.2 Å². The summed E-state index contributed by atoms with van der Waals surface area (Å²) in [6.07, 6.45) is 1.57. The zero-order valence-electron chi connectivity index (χ0n) is 11.4. The standard InChI is InChI=1S/C14H9BrN4O3S/c15-8-3-1-2-7(6-8)12(21)18-13-9(11(16)20)10(19-22-13)14-17-4-5-23-14/h1-6H,(H2,16,20)(H,18,21). The molecule has 1 aromatic carbocycles. The molecule has 2 heterocycles. The Morgan fingerprint density at radius 3 is 2.83 bits per heavy atom. The van der Waals surface area contributed by atoms with Gasteiger partial charge in [0.25, 0.3) is 11.8 Å². The first-order valence-corrected chi connectivity index (χ1v) is 8.00. The Hall–Kier alpha value is -2.52. The van der Waals surface area contributed by atoms with Crippen LogP contribution in [0.1, 0.15) is 20.7 Å². The normalized spacial score (nSPS) is 10.5. The van der Waals surface area contributed by atoms with E-state index in [1.54, 1.807) is 35.8 Å². The van der Waals surface area contributed by atoms with E-state index in [2.05, 4.69) is 31.4 Å². The molecule has 3 aromatic rings. The third-order valence-corrected chi connectivity index (χ3v) is 4.16. The summed E-state index contributed by atoms with van der Waals surface area (Å²) in [6, 6.07) is 6.77. The average molecular weight is 393 g/mol. The molecule has 0 fully saturated rings. The molecule has 0 spiro atoms. The maximum atomic E-state index is 12.3. The number of primary amides is 1. The van der Waals surface area contributed by atoms with Crippen molar-refractivity contribution in [3.63, 3.8) is 0 Å². The van der Waals surface area contributed by atoms with Gasteiger partial charge in [-0.15, -0.1) is 11.3 Å². The summed E-state index contributed by atoms with van der Waals surface area (Å²) >= 11 is 4.56. The van der Waals surface area contributed by atoms with Crippen LogP contribution in [-0.4, -0.2) is 22.0 Å². The minimum Gasteiger partial charge on any atom is -0.365 e. The number of anilines is 1. The number of hydrogen-bond acceptors (Lipinski definition) is 6. The van der Waals surface area contributed by atoms with Crippen LogP contribution in [0.25, 0.3) is 10.7 Å². The summed E-state index contributed by atoms with van der Waals surface area (Å²) in [5.41, 5.74) is 5.97. The molecule has 3 N–H and O–H groups in total. The van der Waals surface area contributed by atoms with Gasteiger partial charge in [-0.25, -0.2) is 4.98 Å². The maximum absolute atomic E-state index is 12.3. The monoisotopic (exact) mass is 392 g/mol. The largest absolute Gasteiger partial charge is 0.365 e. The smallest absolute Gasteiger partial charge is 0.258 e. The lowest BCUT2D eigenvalue weighted by atomic mass is 10.2. The van der Waals surface area contributed by atoms with Gasteiger partial charge in [0.1, 0.15) is 10.6 Å². The van der Waals surface area contributed by atoms with E-state index >= 15 is 0 Å². The molecule has 116 valence electrons. The van der Waals surface area contributed by atoms with Crippen LogP contribution in [-0.2, 0) is 0 Å². The number of carbonyl (C=O) groups excluding carboxylic acids is 2. The van der Waals surface area contributed by atoms with Crippen LogP contribution in [0.5, 0.6) is 0 Å². The lowest BCUT2D eigenvalue weighted by Crippen LogP contribution is -2.17. The fourth-order valence-corrected chi connectivity index (χ4v) is 2.92. The van der Waals surface area contributed by atoms with Crippen molar-refractivity contribution in [1.29, 1.82) is 0 Å². The Balaban J connectivity index is 1.94. The van der Waals surface area contributed by atoms with Crippen LogP contribution >= 0.6 is 27.3 Å².